The van der Waals surface area contributed by atoms with Crippen molar-refractivity contribution in [2.45, 2.75) is 68.5 Å². The summed E-state index contributed by atoms with van der Waals surface area (Å²) in [6.45, 7) is 23.4. The van der Waals surface area contributed by atoms with Crippen molar-refractivity contribution in [1.29, 1.82) is 0 Å². The molecule has 0 fully saturated rings. The quantitative estimate of drug-likeness (QED) is 0.474. The van der Waals surface area contributed by atoms with Crippen molar-refractivity contribution in [2.24, 2.45) is 0 Å². The third kappa shape index (κ3) is 9.52. The normalized spacial score (nSPS) is 10.2. The highest BCUT2D eigenvalue weighted by Crippen LogP contribution is 2.12. The first-order valence-corrected chi connectivity index (χ1v) is 11.2. The van der Waals surface area contributed by atoms with Gasteiger partial charge in [-0.3, -0.25) is 9.80 Å². The lowest BCUT2D eigenvalue weighted by atomic mass is 10.1. The van der Waals surface area contributed by atoms with E-state index in [1.807, 2.05) is 27.7 Å². The molecule has 2 nitrogen and oxygen atoms in total. The Morgan fingerprint density at radius 1 is 0.571 bits per heavy atom. The van der Waals surface area contributed by atoms with Crippen LogP contribution in [0.1, 0.15) is 63.8 Å². The van der Waals surface area contributed by atoms with Gasteiger partial charge in [0.25, 0.3) is 0 Å². The van der Waals surface area contributed by atoms with E-state index in [1.165, 1.54) is 22.3 Å². The van der Waals surface area contributed by atoms with E-state index in [4.69, 9.17) is 0 Å². The highest BCUT2D eigenvalue weighted by atomic mass is 15.2. The monoisotopic (exact) mass is 384 g/mol. The number of benzene rings is 2. The van der Waals surface area contributed by atoms with Crippen LogP contribution in [0.5, 0.6) is 0 Å². The number of likely N-dealkylation sites (N-methyl/N-ethyl adjacent to an activating group) is 2. The Labute approximate surface area is 175 Å². The van der Waals surface area contributed by atoms with Crippen molar-refractivity contribution in [1.82, 2.24) is 9.80 Å². The van der Waals surface area contributed by atoms with Gasteiger partial charge >= 0.3 is 0 Å². The molecule has 0 saturated carbocycles. The molecule has 0 aromatic heterocycles. The summed E-state index contributed by atoms with van der Waals surface area (Å²) in [5, 5.41) is 0. The SMILES string of the molecule is CC.CC.CCN(CCN(CC)Cc1ccccc1C)Cc1ccccc1C. The molecule has 28 heavy (non-hydrogen) atoms. The van der Waals surface area contributed by atoms with E-state index in [0.29, 0.717) is 0 Å². The van der Waals surface area contributed by atoms with Crippen LogP contribution in [0.4, 0.5) is 0 Å². The van der Waals surface area contributed by atoms with E-state index >= 15 is 0 Å². The Morgan fingerprint density at radius 3 is 1.18 bits per heavy atom. The highest BCUT2D eigenvalue weighted by molar-refractivity contribution is 5.26. The Balaban J connectivity index is 0.00000171. The van der Waals surface area contributed by atoms with Crippen LogP contribution in [0.2, 0.25) is 0 Å². The van der Waals surface area contributed by atoms with Gasteiger partial charge in [0.05, 0.1) is 0 Å². The molecule has 2 heteroatoms. The Kier molecular flexibility index (Phi) is 15.4. The molecule has 2 aromatic carbocycles. The molecule has 0 spiro atoms. The lowest BCUT2D eigenvalue weighted by molar-refractivity contribution is 0.204. The van der Waals surface area contributed by atoms with Crippen LogP contribution in [-0.4, -0.2) is 36.0 Å². The topological polar surface area (TPSA) is 6.48 Å². The molecule has 158 valence electrons. The molecular weight excluding hydrogens is 340 g/mol. The molecule has 0 amide bonds. The molecule has 2 aromatic rings. The summed E-state index contributed by atoms with van der Waals surface area (Å²) in [6, 6.07) is 17.5. The summed E-state index contributed by atoms with van der Waals surface area (Å²) in [5.41, 5.74) is 5.68. The summed E-state index contributed by atoms with van der Waals surface area (Å²) in [7, 11) is 0. The molecule has 0 unspecified atom stereocenters. The van der Waals surface area contributed by atoms with Gasteiger partial charge in [-0.2, -0.15) is 0 Å². The van der Waals surface area contributed by atoms with E-state index in [-0.39, 0.29) is 0 Å². The lowest BCUT2D eigenvalue weighted by Gasteiger charge is -2.27. The minimum Gasteiger partial charge on any atom is -0.298 e. The van der Waals surface area contributed by atoms with E-state index < -0.39 is 0 Å². The van der Waals surface area contributed by atoms with Gasteiger partial charge in [0, 0.05) is 26.2 Å². The lowest BCUT2D eigenvalue weighted by Crippen LogP contribution is -2.34. The average molecular weight is 385 g/mol. The maximum atomic E-state index is 2.54. The fraction of sp³-hybridized carbons (Fsp3) is 0.538. The highest BCUT2D eigenvalue weighted by Gasteiger charge is 2.10. The van der Waals surface area contributed by atoms with Crippen LogP contribution >= 0.6 is 0 Å². The zero-order chi connectivity index (χ0) is 21.4. The van der Waals surface area contributed by atoms with Gasteiger partial charge in [0.2, 0.25) is 0 Å². The first kappa shape index (κ1) is 26.4. The van der Waals surface area contributed by atoms with Crippen molar-refractivity contribution < 1.29 is 0 Å². The van der Waals surface area contributed by atoms with Gasteiger partial charge in [-0.05, 0) is 49.2 Å². The molecule has 0 atom stereocenters. The standard InChI is InChI=1S/C22H32N2.2C2H6/c1-5-23(17-21-13-9-7-11-19(21)3)15-16-24(6-2)18-22-14-10-8-12-20(22)4;2*1-2/h7-14H,5-6,15-18H2,1-4H3;2*1-2H3. The first-order valence-electron chi connectivity index (χ1n) is 11.2. The molecule has 0 aliphatic heterocycles. The smallest absolute Gasteiger partial charge is 0.0236 e. The third-order valence-corrected chi connectivity index (χ3v) is 4.94. The fourth-order valence-corrected chi connectivity index (χ4v) is 3.04. The molecule has 0 radical (unpaired) electrons. The van der Waals surface area contributed by atoms with Crippen molar-refractivity contribution in [3.05, 3.63) is 70.8 Å². The van der Waals surface area contributed by atoms with Crippen LogP contribution in [0.3, 0.4) is 0 Å². The molecule has 0 bridgehead atoms. The average Bonchev–Trinajstić information content (AvgIpc) is 2.75. The van der Waals surface area contributed by atoms with Crippen molar-refractivity contribution in [3.63, 3.8) is 0 Å². The van der Waals surface area contributed by atoms with Crippen LogP contribution in [0.25, 0.3) is 0 Å². The second-order valence-corrected chi connectivity index (χ2v) is 6.59. The predicted octanol–water partition coefficient (Wildman–Crippen LogP) is 6.70. The van der Waals surface area contributed by atoms with Crippen molar-refractivity contribution in [2.75, 3.05) is 26.2 Å². The molecule has 0 saturated heterocycles. The molecule has 0 N–H and O–H groups in total. The number of hydrogen-bond donors (Lipinski definition) is 0. The zero-order valence-corrected chi connectivity index (χ0v) is 19.8. The van der Waals surface area contributed by atoms with E-state index in [9.17, 15) is 0 Å². The number of rotatable bonds is 9. The summed E-state index contributed by atoms with van der Waals surface area (Å²) in [5.74, 6) is 0. The third-order valence-electron chi connectivity index (χ3n) is 4.94. The molecule has 2 rings (SSSR count). The zero-order valence-electron chi connectivity index (χ0n) is 19.8. The van der Waals surface area contributed by atoms with Gasteiger partial charge in [-0.15, -0.1) is 0 Å². The number of aryl methyl sites for hydroxylation is 2. The maximum Gasteiger partial charge on any atom is 0.0236 e. The van der Waals surface area contributed by atoms with Gasteiger partial charge in [-0.1, -0.05) is 90.1 Å². The second-order valence-electron chi connectivity index (χ2n) is 6.59. The predicted molar refractivity (Wildman–Crippen MR) is 127 cm³/mol. The largest absolute Gasteiger partial charge is 0.298 e. The minimum atomic E-state index is 1.05. The second kappa shape index (κ2) is 16.3. The van der Waals surface area contributed by atoms with Gasteiger partial charge in [-0.25, -0.2) is 0 Å². The van der Waals surface area contributed by atoms with E-state index in [0.717, 1.165) is 39.3 Å². The summed E-state index contributed by atoms with van der Waals surface area (Å²) in [4.78, 5) is 5.09. The summed E-state index contributed by atoms with van der Waals surface area (Å²) < 4.78 is 0. The van der Waals surface area contributed by atoms with Gasteiger partial charge in [0.1, 0.15) is 0 Å². The molecular formula is C26H44N2. The Morgan fingerprint density at radius 2 is 0.893 bits per heavy atom. The van der Waals surface area contributed by atoms with Crippen molar-refractivity contribution >= 4 is 0 Å². The summed E-state index contributed by atoms with van der Waals surface area (Å²) in [6.07, 6.45) is 0. The Hall–Kier alpha value is -1.64. The van der Waals surface area contributed by atoms with Gasteiger partial charge in [0.15, 0.2) is 0 Å². The number of hydrogen-bond acceptors (Lipinski definition) is 2. The maximum absolute atomic E-state index is 2.54. The first-order chi connectivity index (χ1) is 13.6. The van der Waals surface area contributed by atoms with Gasteiger partial charge < -0.3 is 0 Å². The minimum absolute atomic E-state index is 1.05. The van der Waals surface area contributed by atoms with Crippen LogP contribution in [0, 0.1) is 13.8 Å². The fourth-order valence-electron chi connectivity index (χ4n) is 3.04. The van der Waals surface area contributed by atoms with Crippen molar-refractivity contribution in [3.8, 4) is 0 Å². The molecule has 0 aliphatic carbocycles. The van der Waals surface area contributed by atoms with Crippen LogP contribution in [-0.2, 0) is 13.1 Å². The van der Waals surface area contributed by atoms with E-state index in [1.54, 1.807) is 0 Å². The molecule has 0 aliphatic rings. The summed E-state index contributed by atoms with van der Waals surface area (Å²) >= 11 is 0. The van der Waals surface area contributed by atoms with Crippen LogP contribution < -0.4 is 0 Å². The Bertz CT molecular complexity index is 566. The van der Waals surface area contributed by atoms with E-state index in [2.05, 4.69) is 86.0 Å². The molecule has 0 heterocycles. The van der Waals surface area contributed by atoms with Crippen LogP contribution in [0.15, 0.2) is 48.5 Å². The number of nitrogens with zero attached hydrogens (tertiary/aromatic N) is 2.